The van der Waals surface area contributed by atoms with Crippen molar-refractivity contribution in [3.63, 3.8) is 0 Å². The van der Waals surface area contributed by atoms with Crippen molar-refractivity contribution in [3.8, 4) is 11.6 Å². The normalized spacial score (nSPS) is 14.2. The van der Waals surface area contributed by atoms with E-state index >= 15 is 0 Å². The molecule has 1 fully saturated rings. The van der Waals surface area contributed by atoms with Gasteiger partial charge in [0.1, 0.15) is 12.1 Å². The molecule has 9 nitrogen and oxygen atoms in total. The van der Waals surface area contributed by atoms with Crippen molar-refractivity contribution in [2.24, 2.45) is 5.92 Å². The van der Waals surface area contributed by atoms with Gasteiger partial charge in [0.25, 0.3) is 5.91 Å². The Hall–Kier alpha value is -3.49. The van der Waals surface area contributed by atoms with Crippen molar-refractivity contribution in [2.45, 2.75) is 20.8 Å². The number of hydrogen-bond acceptors (Lipinski definition) is 7. The maximum atomic E-state index is 13.1. The monoisotopic (exact) mass is 421 g/mol. The van der Waals surface area contributed by atoms with Gasteiger partial charge < -0.3 is 14.5 Å². The van der Waals surface area contributed by atoms with E-state index in [1.807, 2.05) is 48.2 Å². The predicted octanol–water partition coefficient (Wildman–Crippen LogP) is 2.36. The molecular weight excluding hydrogens is 394 g/mol. The molecular formula is C22H27N7O2. The Morgan fingerprint density at radius 3 is 2.52 bits per heavy atom. The summed E-state index contributed by atoms with van der Waals surface area (Å²) in [6.45, 7) is 9.15. The molecule has 1 aromatic carbocycles. The number of piperazine rings is 1. The van der Waals surface area contributed by atoms with Gasteiger partial charge in [-0.1, -0.05) is 32.0 Å². The lowest BCUT2D eigenvalue weighted by Crippen LogP contribution is -2.49. The number of anilines is 1. The number of hydrogen-bond donors (Lipinski definition) is 0. The molecule has 162 valence electrons. The van der Waals surface area contributed by atoms with Gasteiger partial charge in [-0.3, -0.25) is 4.79 Å². The minimum absolute atomic E-state index is 0.0945. The molecule has 3 heterocycles. The lowest BCUT2D eigenvalue weighted by molar-refractivity contribution is 0.0739. The topological polar surface area (TPSA) is 89.3 Å². The molecule has 4 rings (SSSR count). The molecule has 1 saturated heterocycles. The number of carbonyl (C=O) groups excluding carboxylic acids is 1. The van der Waals surface area contributed by atoms with Crippen LogP contribution in [0.25, 0.3) is 5.69 Å². The average Bonchev–Trinajstić information content (AvgIpc) is 3.20. The summed E-state index contributed by atoms with van der Waals surface area (Å²) in [5.41, 5.74) is 1.84. The number of nitrogens with zero attached hydrogens (tertiary/aromatic N) is 7. The Labute approximate surface area is 181 Å². The second kappa shape index (κ2) is 9.11. The van der Waals surface area contributed by atoms with Crippen molar-refractivity contribution in [1.82, 2.24) is 29.9 Å². The molecule has 1 aliphatic rings. The van der Waals surface area contributed by atoms with Crippen molar-refractivity contribution in [2.75, 3.05) is 37.7 Å². The number of aromatic nitrogens is 5. The van der Waals surface area contributed by atoms with E-state index in [1.165, 1.54) is 11.1 Å². The number of amides is 1. The zero-order chi connectivity index (χ0) is 21.8. The lowest BCUT2D eigenvalue weighted by atomic mass is 10.2. The van der Waals surface area contributed by atoms with E-state index in [0.717, 1.165) is 11.5 Å². The van der Waals surface area contributed by atoms with E-state index in [0.29, 0.717) is 56.0 Å². The summed E-state index contributed by atoms with van der Waals surface area (Å²) in [7, 11) is 0. The summed E-state index contributed by atoms with van der Waals surface area (Å²) in [4.78, 5) is 27.1. The number of carbonyl (C=O) groups is 1. The molecule has 3 aromatic rings. The van der Waals surface area contributed by atoms with E-state index in [4.69, 9.17) is 4.74 Å². The fourth-order valence-electron chi connectivity index (χ4n) is 3.38. The second-order valence-corrected chi connectivity index (χ2v) is 7.96. The highest BCUT2D eigenvalue weighted by atomic mass is 16.5. The fraction of sp³-hybridized carbons (Fsp3) is 0.409. The van der Waals surface area contributed by atoms with Gasteiger partial charge in [-0.2, -0.15) is 9.90 Å². The molecule has 0 saturated carbocycles. The van der Waals surface area contributed by atoms with E-state index in [2.05, 4.69) is 38.9 Å². The first kappa shape index (κ1) is 20.8. The number of ether oxygens (including phenoxy) is 1. The van der Waals surface area contributed by atoms with Gasteiger partial charge >= 0.3 is 0 Å². The molecule has 1 aliphatic heterocycles. The second-order valence-electron chi connectivity index (χ2n) is 7.96. The third kappa shape index (κ3) is 4.82. The highest BCUT2D eigenvalue weighted by molar-refractivity contribution is 5.93. The first-order valence-corrected chi connectivity index (χ1v) is 10.5. The molecule has 0 bridgehead atoms. The Bertz CT molecular complexity index is 1030. The molecule has 0 radical (unpaired) electrons. The van der Waals surface area contributed by atoms with Gasteiger partial charge in [-0.05, 0) is 25.0 Å². The molecule has 0 spiro atoms. The third-order valence-electron chi connectivity index (χ3n) is 5.05. The first-order valence-electron chi connectivity index (χ1n) is 10.5. The Kier molecular flexibility index (Phi) is 6.11. The van der Waals surface area contributed by atoms with E-state index < -0.39 is 0 Å². The van der Waals surface area contributed by atoms with E-state index in [1.54, 1.807) is 0 Å². The average molecular weight is 422 g/mol. The number of para-hydroxylation sites is 1. The van der Waals surface area contributed by atoms with Gasteiger partial charge in [0.2, 0.25) is 5.88 Å². The summed E-state index contributed by atoms with van der Waals surface area (Å²) in [5.74, 6) is 1.72. The van der Waals surface area contributed by atoms with E-state index in [9.17, 15) is 4.79 Å². The van der Waals surface area contributed by atoms with Gasteiger partial charge in [-0.15, -0.1) is 5.10 Å². The molecule has 0 unspecified atom stereocenters. The Morgan fingerprint density at radius 2 is 1.81 bits per heavy atom. The smallest absolute Gasteiger partial charge is 0.276 e. The van der Waals surface area contributed by atoms with Crippen LogP contribution in [0, 0.1) is 12.8 Å². The molecule has 0 N–H and O–H groups in total. The third-order valence-corrected chi connectivity index (χ3v) is 5.05. The summed E-state index contributed by atoms with van der Waals surface area (Å²) in [6, 6.07) is 11.4. The quantitative estimate of drug-likeness (QED) is 0.604. The first-order chi connectivity index (χ1) is 15.0. The lowest BCUT2D eigenvalue weighted by Gasteiger charge is -2.35. The molecule has 1 amide bonds. The largest absolute Gasteiger partial charge is 0.477 e. The highest BCUT2D eigenvalue weighted by Crippen LogP contribution is 2.19. The van der Waals surface area contributed by atoms with Gasteiger partial charge in [0.15, 0.2) is 5.69 Å². The van der Waals surface area contributed by atoms with Gasteiger partial charge in [0, 0.05) is 32.2 Å². The Balaban J connectivity index is 1.40. The minimum Gasteiger partial charge on any atom is -0.477 e. The van der Waals surface area contributed by atoms with Crippen LogP contribution in [-0.4, -0.2) is 68.6 Å². The highest BCUT2D eigenvalue weighted by Gasteiger charge is 2.27. The van der Waals surface area contributed by atoms with Gasteiger partial charge in [0.05, 0.1) is 18.0 Å². The minimum atomic E-state index is -0.0945. The molecule has 2 aromatic heterocycles. The number of rotatable bonds is 6. The summed E-state index contributed by atoms with van der Waals surface area (Å²) >= 11 is 0. The molecule has 0 aliphatic carbocycles. The van der Waals surface area contributed by atoms with Crippen molar-refractivity contribution < 1.29 is 9.53 Å². The molecule has 0 atom stereocenters. The SMILES string of the molecule is Cc1nn(-c2ccccc2)nc1C(=O)N1CCN(c2cc(OCC(C)C)ncn2)CC1. The zero-order valence-corrected chi connectivity index (χ0v) is 18.1. The van der Waals surface area contributed by atoms with Crippen LogP contribution in [0.3, 0.4) is 0 Å². The number of aryl methyl sites for hydroxylation is 1. The zero-order valence-electron chi connectivity index (χ0n) is 18.1. The maximum Gasteiger partial charge on any atom is 0.276 e. The fourth-order valence-corrected chi connectivity index (χ4v) is 3.38. The predicted molar refractivity (Wildman–Crippen MR) is 117 cm³/mol. The van der Waals surface area contributed by atoms with Crippen LogP contribution >= 0.6 is 0 Å². The van der Waals surface area contributed by atoms with Crippen molar-refractivity contribution >= 4 is 11.7 Å². The number of benzene rings is 1. The van der Waals surface area contributed by atoms with Crippen molar-refractivity contribution in [3.05, 3.63) is 54.1 Å². The van der Waals surface area contributed by atoms with Crippen LogP contribution in [0.15, 0.2) is 42.7 Å². The van der Waals surface area contributed by atoms with E-state index in [-0.39, 0.29) is 5.91 Å². The van der Waals surface area contributed by atoms with Crippen LogP contribution in [0.4, 0.5) is 5.82 Å². The maximum absolute atomic E-state index is 13.1. The van der Waals surface area contributed by atoms with Crippen LogP contribution in [0.1, 0.15) is 30.0 Å². The van der Waals surface area contributed by atoms with Crippen LogP contribution in [0.5, 0.6) is 5.88 Å². The van der Waals surface area contributed by atoms with Crippen LogP contribution < -0.4 is 9.64 Å². The van der Waals surface area contributed by atoms with Crippen LogP contribution in [-0.2, 0) is 0 Å². The van der Waals surface area contributed by atoms with Gasteiger partial charge in [-0.25, -0.2) is 9.97 Å². The molecule has 9 heteroatoms. The molecule has 31 heavy (non-hydrogen) atoms. The Morgan fingerprint density at radius 1 is 1.06 bits per heavy atom. The summed E-state index contributed by atoms with van der Waals surface area (Å²) < 4.78 is 5.71. The summed E-state index contributed by atoms with van der Waals surface area (Å²) in [5, 5.41) is 8.86. The summed E-state index contributed by atoms with van der Waals surface area (Å²) in [6.07, 6.45) is 1.52. The van der Waals surface area contributed by atoms with Crippen LogP contribution in [0.2, 0.25) is 0 Å². The van der Waals surface area contributed by atoms with Crippen molar-refractivity contribution in [1.29, 1.82) is 0 Å². The standard InChI is InChI=1S/C22H27N7O2/c1-16(2)14-31-20-13-19(23-15-24-20)27-9-11-28(12-10-27)22(30)21-17(3)25-29(26-21)18-7-5-4-6-8-18/h4-8,13,15-16H,9-12,14H2,1-3H3.